The molecule has 1 fully saturated rings. The van der Waals surface area contributed by atoms with E-state index in [1.807, 2.05) is 6.92 Å². The Kier molecular flexibility index (Phi) is 5.01. The first-order valence-electron chi connectivity index (χ1n) is 7.09. The number of alkyl halides is 3. The van der Waals surface area contributed by atoms with Crippen molar-refractivity contribution in [3.63, 3.8) is 0 Å². The van der Waals surface area contributed by atoms with Crippen molar-refractivity contribution >= 4 is 0 Å². The van der Waals surface area contributed by atoms with Gasteiger partial charge in [-0.2, -0.15) is 18.2 Å². The molecule has 0 radical (unpaired) electrons. The predicted molar refractivity (Wildman–Crippen MR) is 67.2 cm³/mol. The van der Waals surface area contributed by atoms with Gasteiger partial charge in [-0.15, -0.1) is 0 Å². The summed E-state index contributed by atoms with van der Waals surface area (Å²) in [6.07, 6.45) is -0.184. The third-order valence-corrected chi connectivity index (χ3v) is 3.70. The van der Waals surface area contributed by atoms with Crippen LogP contribution in [0.3, 0.4) is 0 Å². The highest BCUT2D eigenvalue weighted by Gasteiger charge is 2.31. The van der Waals surface area contributed by atoms with Crippen LogP contribution in [-0.4, -0.2) is 28.9 Å². The molecule has 1 unspecified atom stereocenters. The molecule has 2 rings (SSSR count). The minimum absolute atomic E-state index is 0.210. The maximum atomic E-state index is 12.2. The molecule has 1 atom stereocenters. The number of hydrogen-bond donors (Lipinski definition) is 1. The van der Waals surface area contributed by atoms with Gasteiger partial charge in [-0.1, -0.05) is 24.9 Å². The van der Waals surface area contributed by atoms with Crippen LogP contribution in [-0.2, 0) is 12.8 Å². The van der Waals surface area contributed by atoms with Crippen molar-refractivity contribution in [3.05, 3.63) is 11.7 Å². The van der Waals surface area contributed by atoms with Crippen LogP contribution in [0.4, 0.5) is 13.2 Å². The van der Waals surface area contributed by atoms with Gasteiger partial charge in [-0.05, 0) is 25.3 Å². The van der Waals surface area contributed by atoms with E-state index in [2.05, 4.69) is 15.5 Å². The maximum Gasteiger partial charge on any atom is 0.396 e. The van der Waals surface area contributed by atoms with E-state index in [9.17, 15) is 13.2 Å². The zero-order chi connectivity index (χ0) is 14.6. The Morgan fingerprint density at radius 3 is 2.65 bits per heavy atom. The number of halogens is 3. The fourth-order valence-corrected chi connectivity index (χ4v) is 2.84. The number of nitrogens with one attached hydrogen (secondary N) is 1. The smallest absolute Gasteiger partial charge is 0.339 e. The first kappa shape index (κ1) is 15.3. The molecular weight excluding hydrogens is 271 g/mol. The molecule has 1 aromatic heterocycles. The Morgan fingerprint density at radius 2 is 2.05 bits per heavy atom. The highest BCUT2D eigenvalue weighted by molar-refractivity contribution is 4.93. The molecule has 4 nitrogen and oxygen atoms in total. The van der Waals surface area contributed by atoms with Crippen molar-refractivity contribution < 1.29 is 17.7 Å². The summed E-state index contributed by atoms with van der Waals surface area (Å²) < 4.78 is 41.7. The molecule has 0 aromatic carbocycles. The Balaban J connectivity index is 1.96. The van der Waals surface area contributed by atoms with E-state index < -0.39 is 12.6 Å². The summed E-state index contributed by atoms with van der Waals surface area (Å²) in [5.41, 5.74) is 0. The van der Waals surface area contributed by atoms with E-state index in [1.165, 1.54) is 12.8 Å². The summed E-state index contributed by atoms with van der Waals surface area (Å²) in [6.45, 7) is 2.84. The van der Waals surface area contributed by atoms with Gasteiger partial charge in [0.1, 0.15) is 6.42 Å². The lowest BCUT2D eigenvalue weighted by atomic mass is 9.95. The lowest BCUT2D eigenvalue weighted by Gasteiger charge is -2.22. The van der Waals surface area contributed by atoms with Gasteiger partial charge in [-0.3, -0.25) is 0 Å². The number of nitrogens with zero attached hydrogens (tertiary/aromatic N) is 2. The molecule has 1 aliphatic carbocycles. The van der Waals surface area contributed by atoms with Crippen molar-refractivity contribution in [2.45, 2.75) is 57.7 Å². The van der Waals surface area contributed by atoms with Gasteiger partial charge >= 0.3 is 6.18 Å². The van der Waals surface area contributed by atoms with Crippen molar-refractivity contribution in [2.24, 2.45) is 5.92 Å². The molecule has 1 N–H and O–H groups in total. The highest BCUT2D eigenvalue weighted by Crippen LogP contribution is 2.29. The topological polar surface area (TPSA) is 51.0 Å². The third-order valence-electron chi connectivity index (χ3n) is 3.70. The van der Waals surface area contributed by atoms with Gasteiger partial charge in [0.25, 0.3) is 0 Å². The molecule has 7 heteroatoms. The quantitative estimate of drug-likeness (QED) is 0.875. The largest absolute Gasteiger partial charge is 0.396 e. The molecule has 1 aromatic rings. The first-order valence-corrected chi connectivity index (χ1v) is 7.09. The molecule has 0 aliphatic heterocycles. The fraction of sp³-hybridized carbons (Fsp3) is 0.846. The van der Waals surface area contributed by atoms with E-state index in [-0.39, 0.29) is 11.9 Å². The van der Waals surface area contributed by atoms with Crippen molar-refractivity contribution in [1.82, 2.24) is 15.5 Å². The zero-order valence-corrected chi connectivity index (χ0v) is 11.5. The zero-order valence-electron chi connectivity index (χ0n) is 11.5. The van der Waals surface area contributed by atoms with E-state index in [0.29, 0.717) is 18.2 Å². The van der Waals surface area contributed by atoms with E-state index >= 15 is 0 Å². The minimum Gasteiger partial charge on any atom is -0.339 e. The van der Waals surface area contributed by atoms with Gasteiger partial charge in [0, 0.05) is 12.5 Å². The average molecular weight is 291 g/mol. The standard InChI is InChI=1S/C13H20F3N3O/c1-2-17-10(9-5-3-4-6-9)7-12-18-11(19-20-12)8-13(14,15)16/h9-10,17H,2-8H2,1H3. The van der Waals surface area contributed by atoms with Crippen LogP contribution >= 0.6 is 0 Å². The third kappa shape index (κ3) is 4.47. The van der Waals surface area contributed by atoms with Crippen LogP contribution in [0.5, 0.6) is 0 Å². The molecule has 1 saturated carbocycles. The fourth-order valence-electron chi connectivity index (χ4n) is 2.84. The molecule has 0 spiro atoms. The van der Waals surface area contributed by atoms with Gasteiger partial charge in [0.05, 0.1) is 0 Å². The number of likely N-dealkylation sites (N-methyl/N-ethyl adjacent to an activating group) is 1. The molecule has 1 heterocycles. The summed E-state index contributed by atoms with van der Waals surface area (Å²) in [5.74, 6) is 0.559. The average Bonchev–Trinajstić information content (AvgIpc) is 2.97. The summed E-state index contributed by atoms with van der Waals surface area (Å²) >= 11 is 0. The van der Waals surface area contributed by atoms with E-state index in [4.69, 9.17) is 4.52 Å². The molecule has 0 amide bonds. The van der Waals surface area contributed by atoms with Crippen molar-refractivity contribution in [3.8, 4) is 0 Å². The molecular formula is C13H20F3N3O. The molecule has 1 aliphatic rings. The van der Waals surface area contributed by atoms with E-state index in [1.54, 1.807) is 0 Å². The molecule has 114 valence electrons. The Bertz CT molecular complexity index is 413. The summed E-state index contributed by atoms with van der Waals surface area (Å²) in [6, 6.07) is 0.210. The Morgan fingerprint density at radius 1 is 1.35 bits per heavy atom. The van der Waals surface area contributed by atoms with Gasteiger partial charge in [-0.25, -0.2) is 0 Å². The van der Waals surface area contributed by atoms with E-state index in [0.717, 1.165) is 19.4 Å². The van der Waals surface area contributed by atoms with Crippen LogP contribution in [0.1, 0.15) is 44.3 Å². The second-order valence-electron chi connectivity index (χ2n) is 5.31. The van der Waals surface area contributed by atoms with Crippen LogP contribution in [0.2, 0.25) is 0 Å². The molecule has 20 heavy (non-hydrogen) atoms. The van der Waals surface area contributed by atoms with Crippen molar-refractivity contribution in [1.29, 1.82) is 0 Å². The number of hydrogen-bond acceptors (Lipinski definition) is 4. The van der Waals surface area contributed by atoms with Crippen LogP contribution in [0.15, 0.2) is 4.52 Å². The monoisotopic (exact) mass is 291 g/mol. The summed E-state index contributed by atoms with van der Waals surface area (Å²) in [5, 5.41) is 6.79. The second kappa shape index (κ2) is 6.56. The summed E-state index contributed by atoms with van der Waals surface area (Å²) in [4.78, 5) is 3.85. The number of rotatable bonds is 6. The molecule has 0 bridgehead atoms. The van der Waals surface area contributed by atoms with Gasteiger partial charge in [0.15, 0.2) is 5.82 Å². The van der Waals surface area contributed by atoms with Crippen LogP contribution in [0.25, 0.3) is 0 Å². The Hall–Kier alpha value is -1.11. The predicted octanol–water partition coefficient (Wildman–Crippen LogP) is 2.89. The minimum atomic E-state index is -4.30. The lowest BCUT2D eigenvalue weighted by Crippen LogP contribution is -2.37. The van der Waals surface area contributed by atoms with Crippen LogP contribution < -0.4 is 5.32 Å². The first-order chi connectivity index (χ1) is 9.48. The normalized spacial score (nSPS) is 18.6. The van der Waals surface area contributed by atoms with Crippen LogP contribution in [0, 0.1) is 5.92 Å². The number of aromatic nitrogens is 2. The second-order valence-corrected chi connectivity index (χ2v) is 5.31. The Labute approximate surface area is 116 Å². The highest BCUT2D eigenvalue weighted by atomic mass is 19.4. The van der Waals surface area contributed by atoms with Gasteiger partial charge < -0.3 is 9.84 Å². The SMILES string of the molecule is CCNC(Cc1nc(CC(F)(F)F)no1)C1CCCC1. The van der Waals surface area contributed by atoms with Crippen molar-refractivity contribution in [2.75, 3.05) is 6.54 Å². The van der Waals surface area contributed by atoms with Gasteiger partial charge in [0.2, 0.25) is 5.89 Å². The lowest BCUT2D eigenvalue weighted by molar-refractivity contribution is -0.128. The summed E-state index contributed by atoms with van der Waals surface area (Å²) in [7, 11) is 0. The molecule has 0 saturated heterocycles. The maximum absolute atomic E-state index is 12.2.